The predicted octanol–water partition coefficient (Wildman–Crippen LogP) is 4.31. The molecule has 0 bridgehead atoms. The van der Waals surface area contributed by atoms with Gasteiger partial charge in [-0.15, -0.1) is 24.0 Å². The molecule has 0 amide bonds. The van der Waals surface area contributed by atoms with Crippen LogP contribution in [0.15, 0.2) is 64.1 Å². The highest BCUT2D eigenvalue weighted by molar-refractivity contribution is 14.0. The summed E-state index contributed by atoms with van der Waals surface area (Å²) < 4.78 is 5.29. The zero-order chi connectivity index (χ0) is 18.9. The van der Waals surface area contributed by atoms with Crippen molar-refractivity contribution in [2.24, 2.45) is 4.99 Å². The van der Waals surface area contributed by atoms with Crippen LogP contribution >= 0.6 is 35.6 Å². The van der Waals surface area contributed by atoms with Crippen molar-refractivity contribution in [2.75, 3.05) is 13.6 Å². The first-order valence-corrected chi connectivity index (χ1v) is 9.19. The van der Waals surface area contributed by atoms with E-state index in [2.05, 4.69) is 50.0 Å². The van der Waals surface area contributed by atoms with E-state index in [4.69, 9.17) is 16.1 Å². The Morgan fingerprint density at radius 1 is 1.11 bits per heavy atom. The molecule has 1 heterocycles. The van der Waals surface area contributed by atoms with Crippen LogP contribution in [-0.2, 0) is 13.0 Å². The van der Waals surface area contributed by atoms with Crippen LogP contribution in [0, 0.1) is 0 Å². The number of nitrogens with zero attached hydrogens (tertiary/aromatic N) is 3. The van der Waals surface area contributed by atoms with Gasteiger partial charge in [-0.05, 0) is 30.5 Å². The monoisotopic (exact) mass is 511 g/mol. The summed E-state index contributed by atoms with van der Waals surface area (Å²) in [4.78, 5) is 8.59. The summed E-state index contributed by atoms with van der Waals surface area (Å²) in [7, 11) is 1.73. The number of halogens is 2. The molecule has 0 unspecified atom stereocenters. The van der Waals surface area contributed by atoms with Crippen LogP contribution in [-0.4, -0.2) is 29.7 Å². The molecule has 0 atom stereocenters. The standard InChI is InChI=1S/C20H22ClN5O.HI/c1-22-20(23-12-6-9-15-7-3-2-4-8-15)24-14-18-25-19(26-27-18)16-10-5-11-17(21)13-16;/h2-5,7-8,10-11,13H,6,9,12,14H2,1H3,(H2,22,23,24);1H. The highest BCUT2D eigenvalue weighted by Gasteiger charge is 2.09. The number of aromatic nitrogens is 2. The predicted molar refractivity (Wildman–Crippen MR) is 123 cm³/mol. The fourth-order valence-corrected chi connectivity index (χ4v) is 2.79. The Morgan fingerprint density at radius 3 is 2.68 bits per heavy atom. The van der Waals surface area contributed by atoms with Crippen LogP contribution in [0.1, 0.15) is 17.9 Å². The molecule has 0 aliphatic carbocycles. The number of hydrogen-bond donors (Lipinski definition) is 2. The van der Waals surface area contributed by atoms with Crippen LogP contribution in [0.4, 0.5) is 0 Å². The smallest absolute Gasteiger partial charge is 0.246 e. The normalized spacial score (nSPS) is 11.0. The van der Waals surface area contributed by atoms with Crippen molar-refractivity contribution >= 4 is 41.5 Å². The minimum atomic E-state index is 0. The maximum Gasteiger partial charge on any atom is 0.246 e. The maximum absolute atomic E-state index is 6.00. The molecule has 0 spiro atoms. The van der Waals surface area contributed by atoms with Crippen LogP contribution in [0.25, 0.3) is 11.4 Å². The summed E-state index contributed by atoms with van der Waals surface area (Å²) >= 11 is 6.00. The molecule has 2 N–H and O–H groups in total. The molecular weight excluding hydrogens is 489 g/mol. The lowest BCUT2D eigenvalue weighted by Gasteiger charge is -2.10. The van der Waals surface area contributed by atoms with E-state index in [1.165, 1.54) is 5.56 Å². The third-order valence-electron chi connectivity index (χ3n) is 3.96. The summed E-state index contributed by atoms with van der Waals surface area (Å²) in [5.41, 5.74) is 2.16. The molecule has 0 aliphatic rings. The molecule has 0 saturated carbocycles. The molecule has 1 aromatic heterocycles. The van der Waals surface area contributed by atoms with Gasteiger partial charge in [0.25, 0.3) is 0 Å². The summed E-state index contributed by atoms with van der Waals surface area (Å²) in [6.07, 6.45) is 2.04. The Labute approximate surface area is 186 Å². The second-order valence-electron chi connectivity index (χ2n) is 5.96. The van der Waals surface area contributed by atoms with Gasteiger partial charge in [0.15, 0.2) is 5.96 Å². The largest absolute Gasteiger partial charge is 0.356 e. The average Bonchev–Trinajstić information content (AvgIpc) is 3.17. The Kier molecular flexibility index (Phi) is 9.22. The minimum Gasteiger partial charge on any atom is -0.356 e. The first kappa shape index (κ1) is 22.2. The number of rotatable bonds is 7. The van der Waals surface area contributed by atoms with Crippen molar-refractivity contribution in [1.29, 1.82) is 0 Å². The fraction of sp³-hybridized carbons (Fsp3) is 0.250. The highest BCUT2D eigenvalue weighted by Crippen LogP contribution is 2.19. The number of nitrogens with one attached hydrogen (secondary N) is 2. The Balaban J connectivity index is 0.00000280. The van der Waals surface area contributed by atoms with E-state index in [0.717, 1.165) is 24.9 Å². The van der Waals surface area contributed by atoms with E-state index in [1.807, 2.05) is 18.2 Å². The van der Waals surface area contributed by atoms with Crippen LogP contribution in [0.2, 0.25) is 5.02 Å². The van der Waals surface area contributed by atoms with Crippen LogP contribution < -0.4 is 10.6 Å². The van der Waals surface area contributed by atoms with E-state index in [0.29, 0.717) is 29.2 Å². The van der Waals surface area contributed by atoms with Crippen molar-refractivity contribution in [1.82, 2.24) is 20.8 Å². The molecule has 3 rings (SSSR count). The van der Waals surface area contributed by atoms with Crippen molar-refractivity contribution in [3.8, 4) is 11.4 Å². The summed E-state index contributed by atoms with van der Waals surface area (Å²) in [6, 6.07) is 17.8. The Bertz CT molecular complexity index is 885. The van der Waals surface area contributed by atoms with Gasteiger partial charge in [0.1, 0.15) is 0 Å². The average molecular weight is 512 g/mol. The van der Waals surface area contributed by atoms with Gasteiger partial charge in [0.05, 0.1) is 6.54 Å². The molecule has 0 radical (unpaired) electrons. The van der Waals surface area contributed by atoms with Gasteiger partial charge in [-0.2, -0.15) is 4.98 Å². The summed E-state index contributed by atoms with van der Waals surface area (Å²) in [5.74, 6) is 1.70. The van der Waals surface area contributed by atoms with Gasteiger partial charge in [0, 0.05) is 24.2 Å². The van der Waals surface area contributed by atoms with Crippen LogP contribution in [0.5, 0.6) is 0 Å². The second-order valence-corrected chi connectivity index (χ2v) is 6.40. The van der Waals surface area contributed by atoms with Gasteiger partial charge >= 0.3 is 0 Å². The molecule has 28 heavy (non-hydrogen) atoms. The molecular formula is C20H23ClIN5O. The summed E-state index contributed by atoms with van der Waals surface area (Å²) in [5, 5.41) is 11.1. The molecule has 0 aliphatic heterocycles. The quantitative estimate of drug-likeness (QED) is 0.214. The Hall–Kier alpha value is -2.13. The van der Waals surface area contributed by atoms with E-state index in [1.54, 1.807) is 19.2 Å². The minimum absolute atomic E-state index is 0. The van der Waals surface area contributed by atoms with E-state index in [9.17, 15) is 0 Å². The zero-order valence-corrected chi connectivity index (χ0v) is 18.6. The van der Waals surface area contributed by atoms with E-state index < -0.39 is 0 Å². The molecule has 6 nitrogen and oxygen atoms in total. The van der Waals surface area contributed by atoms with Gasteiger partial charge < -0.3 is 15.2 Å². The van der Waals surface area contributed by atoms with Gasteiger partial charge in [-0.1, -0.05) is 59.2 Å². The molecule has 0 saturated heterocycles. The second kappa shape index (κ2) is 11.7. The first-order valence-electron chi connectivity index (χ1n) is 8.81. The molecule has 148 valence electrons. The van der Waals surface area contributed by atoms with Crippen molar-refractivity contribution in [3.05, 3.63) is 71.1 Å². The number of hydrogen-bond acceptors (Lipinski definition) is 4. The molecule has 3 aromatic rings. The lowest BCUT2D eigenvalue weighted by molar-refractivity contribution is 0.375. The van der Waals surface area contributed by atoms with Gasteiger partial charge in [-0.25, -0.2) is 0 Å². The van der Waals surface area contributed by atoms with Gasteiger partial charge in [-0.3, -0.25) is 4.99 Å². The lowest BCUT2D eigenvalue weighted by atomic mass is 10.1. The third kappa shape index (κ3) is 6.79. The Morgan fingerprint density at radius 2 is 1.93 bits per heavy atom. The summed E-state index contributed by atoms with van der Waals surface area (Å²) in [6.45, 7) is 1.22. The first-order chi connectivity index (χ1) is 13.2. The topological polar surface area (TPSA) is 75.3 Å². The fourth-order valence-electron chi connectivity index (χ4n) is 2.60. The SMILES string of the molecule is CN=C(NCCCc1ccccc1)NCc1nc(-c2cccc(Cl)c2)no1.I. The number of guanidine groups is 1. The third-order valence-corrected chi connectivity index (χ3v) is 4.19. The van der Waals surface area contributed by atoms with Crippen molar-refractivity contribution in [2.45, 2.75) is 19.4 Å². The number of aliphatic imine (C=N–C) groups is 1. The number of benzene rings is 2. The number of aryl methyl sites for hydroxylation is 1. The van der Waals surface area contributed by atoms with Gasteiger partial charge in [0.2, 0.25) is 11.7 Å². The molecule has 0 fully saturated rings. The molecule has 8 heteroatoms. The van der Waals surface area contributed by atoms with Crippen molar-refractivity contribution < 1.29 is 4.52 Å². The van der Waals surface area contributed by atoms with E-state index >= 15 is 0 Å². The highest BCUT2D eigenvalue weighted by atomic mass is 127. The maximum atomic E-state index is 6.00. The van der Waals surface area contributed by atoms with Crippen molar-refractivity contribution in [3.63, 3.8) is 0 Å². The van der Waals surface area contributed by atoms with E-state index in [-0.39, 0.29) is 24.0 Å². The lowest BCUT2D eigenvalue weighted by Crippen LogP contribution is -2.37. The zero-order valence-electron chi connectivity index (χ0n) is 15.6. The molecule has 2 aromatic carbocycles. The van der Waals surface area contributed by atoms with Crippen LogP contribution in [0.3, 0.4) is 0 Å².